The van der Waals surface area contributed by atoms with Crippen LogP contribution in [0.5, 0.6) is 17.2 Å². The van der Waals surface area contributed by atoms with Crippen LogP contribution in [0.3, 0.4) is 0 Å². The number of hydrogen-bond acceptors (Lipinski definition) is 7. The molecule has 8 nitrogen and oxygen atoms in total. The minimum atomic E-state index is -0.668. The molecule has 0 saturated carbocycles. The van der Waals surface area contributed by atoms with E-state index in [1.807, 2.05) is 67.6 Å². The molecule has 0 fully saturated rings. The minimum Gasteiger partial charge on any atom is -0.497 e. The first-order valence-electron chi connectivity index (χ1n) is 11.5. The number of hydrogen-bond donors (Lipinski definition) is 0. The Bertz CT molecular complexity index is 1240. The lowest BCUT2D eigenvalue weighted by Crippen LogP contribution is -2.32. The van der Waals surface area contributed by atoms with Gasteiger partial charge in [-0.15, -0.1) is 0 Å². The Labute approximate surface area is 210 Å². The Balaban J connectivity index is 1.43. The molecule has 0 radical (unpaired) electrons. The van der Waals surface area contributed by atoms with Gasteiger partial charge in [0.05, 0.1) is 26.0 Å². The molecule has 4 rings (SSSR count). The molecule has 3 aromatic rings. The summed E-state index contributed by atoms with van der Waals surface area (Å²) < 4.78 is 21.3. The van der Waals surface area contributed by atoms with Gasteiger partial charge in [-0.25, -0.2) is 9.80 Å². The molecule has 0 N–H and O–H groups in total. The van der Waals surface area contributed by atoms with E-state index < -0.39 is 18.5 Å². The third kappa shape index (κ3) is 5.83. The van der Waals surface area contributed by atoms with Crippen molar-refractivity contribution in [2.24, 2.45) is 5.10 Å². The van der Waals surface area contributed by atoms with E-state index in [9.17, 15) is 9.59 Å². The molecule has 0 saturated heterocycles. The predicted octanol–water partition coefficient (Wildman–Crippen LogP) is 4.31. The lowest BCUT2D eigenvalue weighted by atomic mass is 9.98. The van der Waals surface area contributed by atoms with Crippen molar-refractivity contribution < 1.29 is 28.5 Å². The van der Waals surface area contributed by atoms with Crippen LogP contribution in [0, 0.1) is 6.92 Å². The lowest BCUT2D eigenvalue weighted by Gasteiger charge is -2.22. The maximum atomic E-state index is 13.1. The predicted molar refractivity (Wildman–Crippen MR) is 134 cm³/mol. The monoisotopic (exact) mass is 488 g/mol. The van der Waals surface area contributed by atoms with Gasteiger partial charge in [0, 0.05) is 6.42 Å². The van der Waals surface area contributed by atoms with Crippen LogP contribution in [-0.4, -0.2) is 50.0 Å². The largest absolute Gasteiger partial charge is 0.497 e. The number of aryl methyl sites for hydroxylation is 1. The maximum absolute atomic E-state index is 13.1. The molecule has 3 aromatic carbocycles. The first kappa shape index (κ1) is 24.8. The third-order valence-corrected chi connectivity index (χ3v) is 5.79. The molecule has 1 aliphatic heterocycles. The number of amides is 1. The number of hydrazone groups is 1. The van der Waals surface area contributed by atoms with Gasteiger partial charge in [-0.3, -0.25) is 4.79 Å². The number of nitrogens with zero attached hydrogens (tertiary/aromatic N) is 2. The number of carbonyl (C=O) groups excluding carboxylic acids is 2. The summed E-state index contributed by atoms with van der Waals surface area (Å²) in [6.45, 7) is 1.12. The molecule has 0 spiro atoms. The molecule has 0 aromatic heterocycles. The quantitative estimate of drug-likeness (QED) is 0.417. The topological polar surface area (TPSA) is 86.7 Å². The second-order valence-corrected chi connectivity index (χ2v) is 8.25. The van der Waals surface area contributed by atoms with Crippen molar-refractivity contribution in [3.8, 4) is 17.2 Å². The standard InChI is InChI=1S/C28H28N2O6/c1-19-9-14-25(26(15-19)34-3)35-18-28(32)36-17-27(31)30-24(21-10-12-22(33-2)13-11-21)16-23(29-30)20-7-5-4-6-8-20/h4-15,24H,16-18H2,1-3H3/t24-/m0/s1. The van der Waals surface area contributed by atoms with Gasteiger partial charge in [0.1, 0.15) is 5.75 Å². The van der Waals surface area contributed by atoms with Crippen LogP contribution in [0.4, 0.5) is 0 Å². The highest BCUT2D eigenvalue weighted by Gasteiger charge is 2.33. The van der Waals surface area contributed by atoms with Crippen LogP contribution in [0.15, 0.2) is 77.9 Å². The van der Waals surface area contributed by atoms with E-state index in [0.717, 1.165) is 28.2 Å². The summed E-state index contributed by atoms with van der Waals surface area (Å²) >= 11 is 0. The van der Waals surface area contributed by atoms with Gasteiger partial charge in [-0.05, 0) is 47.9 Å². The van der Waals surface area contributed by atoms with Crippen LogP contribution >= 0.6 is 0 Å². The normalized spacial score (nSPS) is 14.7. The van der Waals surface area contributed by atoms with Crippen molar-refractivity contribution in [1.82, 2.24) is 5.01 Å². The third-order valence-electron chi connectivity index (χ3n) is 5.79. The van der Waals surface area contributed by atoms with Crippen LogP contribution in [0.25, 0.3) is 0 Å². The van der Waals surface area contributed by atoms with Gasteiger partial charge >= 0.3 is 5.97 Å². The molecule has 1 atom stereocenters. The molecular formula is C28H28N2O6. The molecule has 1 heterocycles. The zero-order chi connectivity index (χ0) is 25.5. The summed E-state index contributed by atoms with van der Waals surface area (Å²) in [4.78, 5) is 25.4. The number of carbonyl (C=O) groups is 2. The van der Waals surface area contributed by atoms with Crippen LogP contribution in [-0.2, 0) is 14.3 Å². The SMILES string of the molecule is COc1ccc([C@@H]2CC(c3ccccc3)=NN2C(=O)COC(=O)COc2ccc(C)cc2OC)cc1. The number of rotatable bonds is 9. The van der Waals surface area contributed by atoms with Crippen LogP contribution < -0.4 is 14.2 Å². The smallest absolute Gasteiger partial charge is 0.344 e. The summed E-state index contributed by atoms with van der Waals surface area (Å²) in [7, 11) is 3.13. The first-order valence-corrected chi connectivity index (χ1v) is 11.5. The number of esters is 1. The van der Waals surface area contributed by atoms with Crippen molar-refractivity contribution in [2.45, 2.75) is 19.4 Å². The minimum absolute atomic E-state index is 0.328. The number of benzene rings is 3. The lowest BCUT2D eigenvalue weighted by molar-refractivity contribution is -0.154. The number of ether oxygens (including phenoxy) is 4. The second-order valence-electron chi connectivity index (χ2n) is 8.25. The highest BCUT2D eigenvalue weighted by atomic mass is 16.6. The van der Waals surface area contributed by atoms with Crippen molar-refractivity contribution in [3.63, 3.8) is 0 Å². The fourth-order valence-corrected chi connectivity index (χ4v) is 3.91. The maximum Gasteiger partial charge on any atom is 0.344 e. The Morgan fingerprint density at radius 2 is 1.67 bits per heavy atom. The second kappa shape index (κ2) is 11.4. The Morgan fingerprint density at radius 1 is 0.917 bits per heavy atom. The molecule has 36 heavy (non-hydrogen) atoms. The molecule has 0 bridgehead atoms. The van der Waals surface area contributed by atoms with Crippen molar-refractivity contribution >= 4 is 17.6 Å². The van der Waals surface area contributed by atoms with Crippen LogP contribution in [0.2, 0.25) is 0 Å². The summed E-state index contributed by atoms with van der Waals surface area (Å²) in [5, 5.41) is 5.98. The van der Waals surface area contributed by atoms with Crippen molar-refractivity contribution in [3.05, 3.63) is 89.5 Å². The molecule has 186 valence electrons. The highest BCUT2D eigenvalue weighted by Crippen LogP contribution is 2.33. The zero-order valence-electron chi connectivity index (χ0n) is 20.5. The molecule has 1 amide bonds. The van der Waals surface area contributed by atoms with E-state index >= 15 is 0 Å². The van der Waals surface area contributed by atoms with Gasteiger partial charge in [0.25, 0.3) is 5.91 Å². The average Bonchev–Trinajstić information content (AvgIpc) is 3.37. The van der Waals surface area contributed by atoms with E-state index in [4.69, 9.17) is 18.9 Å². The number of methoxy groups -OCH3 is 2. The zero-order valence-corrected chi connectivity index (χ0v) is 20.5. The fourth-order valence-electron chi connectivity index (χ4n) is 3.91. The van der Waals surface area contributed by atoms with E-state index in [1.165, 1.54) is 12.1 Å². The highest BCUT2D eigenvalue weighted by molar-refractivity contribution is 6.03. The van der Waals surface area contributed by atoms with Crippen molar-refractivity contribution in [2.75, 3.05) is 27.4 Å². The Kier molecular flexibility index (Phi) is 7.85. The van der Waals surface area contributed by atoms with Gasteiger partial charge < -0.3 is 18.9 Å². The van der Waals surface area contributed by atoms with Crippen LogP contribution in [0.1, 0.15) is 29.2 Å². The Morgan fingerprint density at radius 3 is 2.36 bits per heavy atom. The Hall–Kier alpha value is -4.33. The van der Waals surface area contributed by atoms with Gasteiger partial charge in [-0.1, -0.05) is 48.5 Å². The van der Waals surface area contributed by atoms with Crippen molar-refractivity contribution in [1.29, 1.82) is 0 Å². The van der Waals surface area contributed by atoms with E-state index in [-0.39, 0.29) is 12.6 Å². The summed E-state index contributed by atoms with van der Waals surface area (Å²) in [6, 6.07) is 22.2. The fraction of sp³-hybridized carbons (Fsp3) is 0.250. The molecule has 0 unspecified atom stereocenters. The van der Waals surface area contributed by atoms with E-state index in [2.05, 4.69) is 5.10 Å². The molecule has 1 aliphatic rings. The van der Waals surface area contributed by atoms with Gasteiger partial charge in [0.2, 0.25) is 0 Å². The first-order chi connectivity index (χ1) is 17.5. The van der Waals surface area contributed by atoms with Gasteiger partial charge in [0.15, 0.2) is 24.7 Å². The van der Waals surface area contributed by atoms with E-state index in [0.29, 0.717) is 17.9 Å². The van der Waals surface area contributed by atoms with Gasteiger partial charge in [-0.2, -0.15) is 5.10 Å². The summed E-state index contributed by atoms with van der Waals surface area (Å²) in [5.74, 6) is 0.558. The van der Waals surface area contributed by atoms with E-state index in [1.54, 1.807) is 19.2 Å². The molecular weight excluding hydrogens is 460 g/mol. The molecule has 0 aliphatic carbocycles. The summed E-state index contributed by atoms with van der Waals surface area (Å²) in [6.07, 6.45) is 0.534. The molecule has 8 heteroatoms. The average molecular weight is 489 g/mol. The summed E-state index contributed by atoms with van der Waals surface area (Å²) in [5.41, 5.74) is 3.62.